The van der Waals surface area contributed by atoms with Gasteiger partial charge in [0.25, 0.3) is 0 Å². The molecule has 0 saturated carbocycles. The lowest BCUT2D eigenvalue weighted by Gasteiger charge is -2.36. The number of sulfonamides is 1. The summed E-state index contributed by atoms with van der Waals surface area (Å²) in [6, 6.07) is 0.0928. The van der Waals surface area contributed by atoms with Crippen molar-refractivity contribution in [3.63, 3.8) is 0 Å². The molecule has 0 aromatic carbocycles. The van der Waals surface area contributed by atoms with Crippen molar-refractivity contribution < 1.29 is 8.42 Å². The van der Waals surface area contributed by atoms with Gasteiger partial charge >= 0.3 is 0 Å². The van der Waals surface area contributed by atoms with E-state index in [-0.39, 0.29) is 6.04 Å². The van der Waals surface area contributed by atoms with Crippen LogP contribution in [0.2, 0.25) is 0 Å². The number of likely N-dealkylation sites (tertiary alicyclic amines) is 1. The third kappa shape index (κ3) is 3.00. The quantitative estimate of drug-likeness (QED) is 0.836. The van der Waals surface area contributed by atoms with Crippen molar-refractivity contribution in [1.82, 2.24) is 19.0 Å². The maximum Gasteiger partial charge on any atom is 0.246 e. The zero-order valence-corrected chi connectivity index (χ0v) is 14.4. The fourth-order valence-electron chi connectivity index (χ4n) is 3.15. The van der Waals surface area contributed by atoms with E-state index >= 15 is 0 Å². The number of rotatable bonds is 4. The summed E-state index contributed by atoms with van der Waals surface area (Å²) in [5.74, 6) is 0. The molecular weight excluding hydrogens is 288 g/mol. The van der Waals surface area contributed by atoms with Crippen LogP contribution in [-0.2, 0) is 17.1 Å². The standard InChI is InChI=1S/C14H26N4O2S/c1-6-18(13-7-9-16(4)10-8-13)21(19,20)14-11(2)15-17(5)12(14)3/h13H,6-10H2,1-5H3. The molecule has 1 aromatic heterocycles. The van der Waals surface area contributed by atoms with Gasteiger partial charge in [-0.05, 0) is 46.8 Å². The van der Waals surface area contributed by atoms with Crippen LogP contribution in [0.5, 0.6) is 0 Å². The lowest BCUT2D eigenvalue weighted by Crippen LogP contribution is -2.46. The first-order chi connectivity index (χ1) is 9.78. The van der Waals surface area contributed by atoms with Gasteiger partial charge in [0.15, 0.2) is 0 Å². The number of aromatic nitrogens is 2. The van der Waals surface area contributed by atoms with Crippen molar-refractivity contribution in [1.29, 1.82) is 0 Å². The predicted molar refractivity (Wildman–Crippen MR) is 82.8 cm³/mol. The molecule has 1 aromatic rings. The summed E-state index contributed by atoms with van der Waals surface area (Å²) < 4.78 is 29.4. The molecule has 0 unspecified atom stereocenters. The Bertz CT molecular complexity index is 601. The molecular formula is C14H26N4O2S. The van der Waals surface area contributed by atoms with Crippen molar-refractivity contribution in [3.05, 3.63) is 11.4 Å². The second-order valence-electron chi connectivity index (χ2n) is 5.87. The summed E-state index contributed by atoms with van der Waals surface area (Å²) in [6.45, 7) is 7.89. The van der Waals surface area contributed by atoms with Crippen LogP contribution >= 0.6 is 0 Å². The molecule has 0 aliphatic carbocycles. The lowest BCUT2D eigenvalue weighted by atomic mass is 10.1. The van der Waals surface area contributed by atoms with Gasteiger partial charge in [-0.15, -0.1) is 0 Å². The van der Waals surface area contributed by atoms with Crippen LogP contribution in [0.3, 0.4) is 0 Å². The van der Waals surface area contributed by atoms with E-state index in [1.54, 1.807) is 23.0 Å². The summed E-state index contributed by atoms with van der Waals surface area (Å²) >= 11 is 0. The second kappa shape index (κ2) is 6.06. The molecule has 7 heteroatoms. The van der Waals surface area contributed by atoms with Crippen molar-refractivity contribution >= 4 is 10.0 Å². The zero-order valence-electron chi connectivity index (χ0n) is 13.6. The fraction of sp³-hybridized carbons (Fsp3) is 0.786. The molecule has 1 fully saturated rings. The molecule has 0 spiro atoms. The minimum Gasteiger partial charge on any atom is -0.306 e. The Morgan fingerprint density at radius 3 is 2.24 bits per heavy atom. The smallest absolute Gasteiger partial charge is 0.246 e. The van der Waals surface area contributed by atoms with E-state index in [1.807, 2.05) is 13.8 Å². The molecule has 1 aliphatic heterocycles. The topological polar surface area (TPSA) is 58.4 Å². The molecule has 0 bridgehead atoms. The molecule has 2 heterocycles. The van der Waals surface area contributed by atoms with Crippen molar-refractivity contribution in [3.8, 4) is 0 Å². The average Bonchev–Trinajstić information content (AvgIpc) is 2.66. The summed E-state index contributed by atoms with van der Waals surface area (Å²) in [5, 5.41) is 4.25. The molecule has 1 saturated heterocycles. The van der Waals surface area contributed by atoms with E-state index in [9.17, 15) is 8.42 Å². The van der Waals surface area contributed by atoms with Crippen molar-refractivity contribution in [2.24, 2.45) is 7.05 Å². The third-order valence-electron chi connectivity index (χ3n) is 4.42. The first-order valence-corrected chi connectivity index (χ1v) is 8.93. The normalized spacial score (nSPS) is 18.6. The number of hydrogen-bond acceptors (Lipinski definition) is 4. The summed E-state index contributed by atoms with van der Waals surface area (Å²) in [5.41, 5.74) is 1.29. The van der Waals surface area contributed by atoms with Crippen LogP contribution < -0.4 is 0 Å². The van der Waals surface area contributed by atoms with Crippen LogP contribution in [0.4, 0.5) is 0 Å². The fourth-order valence-corrected chi connectivity index (χ4v) is 5.25. The average molecular weight is 314 g/mol. The van der Waals surface area contributed by atoms with E-state index in [1.165, 1.54) is 0 Å². The highest BCUT2D eigenvalue weighted by Gasteiger charge is 2.35. The van der Waals surface area contributed by atoms with Crippen molar-refractivity contribution in [2.75, 3.05) is 26.7 Å². The largest absolute Gasteiger partial charge is 0.306 e. The maximum absolute atomic E-state index is 13.1. The number of piperidine rings is 1. The molecule has 0 radical (unpaired) electrons. The molecule has 21 heavy (non-hydrogen) atoms. The highest BCUT2D eigenvalue weighted by molar-refractivity contribution is 7.89. The van der Waals surface area contributed by atoms with Crippen LogP contribution in [0.15, 0.2) is 4.90 Å². The van der Waals surface area contributed by atoms with Crippen LogP contribution in [0, 0.1) is 13.8 Å². The van der Waals surface area contributed by atoms with Gasteiger partial charge in [-0.2, -0.15) is 9.40 Å². The van der Waals surface area contributed by atoms with E-state index in [0.29, 0.717) is 22.8 Å². The SMILES string of the molecule is CCN(C1CCN(C)CC1)S(=O)(=O)c1c(C)nn(C)c1C. The van der Waals surface area contributed by atoms with E-state index in [4.69, 9.17) is 0 Å². The third-order valence-corrected chi connectivity index (χ3v) is 6.70. The minimum absolute atomic E-state index is 0.0928. The molecule has 0 amide bonds. The molecule has 0 N–H and O–H groups in total. The van der Waals surface area contributed by atoms with E-state index in [2.05, 4.69) is 17.0 Å². The Labute approximate surface area is 127 Å². The first-order valence-electron chi connectivity index (χ1n) is 7.49. The Hall–Kier alpha value is -0.920. The molecule has 120 valence electrons. The Morgan fingerprint density at radius 1 is 1.24 bits per heavy atom. The Kier molecular flexibility index (Phi) is 4.75. The van der Waals surface area contributed by atoms with Gasteiger partial charge in [-0.25, -0.2) is 8.42 Å². The molecule has 0 atom stereocenters. The second-order valence-corrected chi connectivity index (χ2v) is 7.69. The van der Waals surface area contributed by atoms with E-state index < -0.39 is 10.0 Å². The maximum atomic E-state index is 13.1. The van der Waals surface area contributed by atoms with Gasteiger partial charge in [0.2, 0.25) is 10.0 Å². The Balaban J connectivity index is 2.36. The highest BCUT2D eigenvalue weighted by atomic mass is 32.2. The van der Waals surface area contributed by atoms with Crippen LogP contribution in [-0.4, -0.2) is 60.1 Å². The van der Waals surface area contributed by atoms with Gasteiger partial charge in [0.05, 0.1) is 11.4 Å². The number of nitrogens with zero attached hydrogens (tertiary/aromatic N) is 4. The van der Waals surface area contributed by atoms with Crippen molar-refractivity contribution in [2.45, 2.75) is 44.6 Å². The Morgan fingerprint density at radius 2 is 1.81 bits per heavy atom. The predicted octanol–water partition coefficient (Wildman–Crippen LogP) is 1.14. The lowest BCUT2D eigenvalue weighted by molar-refractivity contribution is 0.186. The van der Waals surface area contributed by atoms with Crippen LogP contribution in [0.1, 0.15) is 31.2 Å². The highest BCUT2D eigenvalue weighted by Crippen LogP contribution is 2.27. The molecule has 6 nitrogen and oxygen atoms in total. The summed E-state index contributed by atoms with van der Waals surface area (Å²) in [4.78, 5) is 2.63. The number of aryl methyl sites for hydroxylation is 2. The van der Waals surface area contributed by atoms with Gasteiger partial charge in [0, 0.05) is 19.6 Å². The van der Waals surface area contributed by atoms with Gasteiger partial charge < -0.3 is 4.90 Å². The minimum atomic E-state index is -3.48. The monoisotopic (exact) mass is 314 g/mol. The first kappa shape index (κ1) is 16.5. The van der Waals surface area contributed by atoms with Gasteiger partial charge in [-0.3, -0.25) is 4.68 Å². The number of hydrogen-bond donors (Lipinski definition) is 0. The summed E-state index contributed by atoms with van der Waals surface area (Å²) in [6.07, 6.45) is 1.78. The molecule has 1 aliphatic rings. The van der Waals surface area contributed by atoms with Gasteiger partial charge in [-0.1, -0.05) is 6.92 Å². The summed E-state index contributed by atoms with van der Waals surface area (Å²) in [7, 11) is 0.387. The van der Waals surface area contributed by atoms with Crippen LogP contribution in [0.25, 0.3) is 0 Å². The zero-order chi connectivity index (χ0) is 15.8. The molecule has 2 rings (SSSR count). The van der Waals surface area contributed by atoms with Gasteiger partial charge in [0.1, 0.15) is 4.90 Å². The van der Waals surface area contributed by atoms with E-state index in [0.717, 1.165) is 25.9 Å².